The maximum Gasteiger partial charge on any atom is 0.192 e. The Morgan fingerprint density at radius 2 is 2.24 bits per heavy atom. The van der Waals surface area contributed by atoms with Crippen molar-refractivity contribution in [3.63, 3.8) is 0 Å². The number of sulfone groups is 1. The highest BCUT2D eigenvalue weighted by molar-refractivity contribution is 7.90. The fourth-order valence-corrected chi connectivity index (χ4v) is 3.41. The number of rotatable bonds is 5. The lowest BCUT2D eigenvalue weighted by Crippen LogP contribution is -2.41. The summed E-state index contributed by atoms with van der Waals surface area (Å²) in [6.45, 7) is 7.82. The van der Waals surface area contributed by atoms with Crippen molar-refractivity contribution < 1.29 is 8.42 Å². The van der Waals surface area contributed by atoms with Crippen molar-refractivity contribution >= 4 is 15.5 Å². The van der Waals surface area contributed by atoms with E-state index in [0.717, 1.165) is 18.8 Å². The number of pyridine rings is 1. The normalized spacial score (nSPS) is 22.0. The fourth-order valence-electron chi connectivity index (χ4n) is 2.85. The molecule has 1 N–H and O–H groups in total. The highest BCUT2D eigenvalue weighted by atomic mass is 32.2. The molecule has 2 heterocycles. The van der Waals surface area contributed by atoms with E-state index in [-0.39, 0.29) is 5.03 Å². The molecule has 0 radical (unpaired) electrons. The molecule has 0 amide bonds. The first-order valence-corrected chi connectivity index (χ1v) is 9.44. The van der Waals surface area contributed by atoms with Gasteiger partial charge in [0.1, 0.15) is 0 Å². The van der Waals surface area contributed by atoms with Crippen LogP contribution in [0.3, 0.4) is 0 Å². The first kappa shape index (κ1) is 16.2. The molecule has 2 unspecified atom stereocenters. The molecule has 21 heavy (non-hydrogen) atoms. The predicted molar refractivity (Wildman–Crippen MR) is 85.3 cm³/mol. The minimum atomic E-state index is -3.22. The van der Waals surface area contributed by atoms with Crippen LogP contribution in [0.4, 0.5) is 5.69 Å². The van der Waals surface area contributed by atoms with Crippen LogP contribution in [0.25, 0.3) is 0 Å². The van der Waals surface area contributed by atoms with Crippen LogP contribution in [0.1, 0.15) is 26.7 Å². The van der Waals surface area contributed by atoms with Crippen LogP contribution in [-0.2, 0) is 9.84 Å². The Balaban J connectivity index is 1.97. The van der Waals surface area contributed by atoms with Crippen molar-refractivity contribution in [3.8, 4) is 0 Å². The maximum atomic E-state index is 11.4. The lowest BCUT2D eigenvalue weighted by atomic mass is 9.91. The molecule has 1 fully saturated rings. The molecule has 0 aliphatic carbocycles. The molecule has 1 aromatic rings. The van der Waals surface area contributed by atoms with Crippen molar-refractivity contribution in [2.75, 3.05) is 31.2 Å². The van der Waals surface area contributed by atoms with Gasteiger partial charge in [0.15, 0.2) is 14.9 Å². The Labute approximate surface area is 127 Å². The smallest absolute Gasteiger partial charge is 0.192 e. The zero-order valence-corrected chi connectivity index (χ0v) is 13.9. The zero-order valence-electron chi connectivity index (χ0n) is 13.0. The second-order valence-corrected chi connectivity index (χ2v) is 7.85. The number of nitrogens with zero attached hydrogens (tertiary/aromatic N) is 2. The Bertz CT molecular complexity index is 557. The molecule has 5 nitrogen and oxygen atoms in total. The van der Waals surface area contributed by atoms with E-state index in [0.29, 0.717) is 12.0 Å². The zero-order chi connectivity index (χ0) is 15.5. The molecule has 6 heteroatoms. The second-order valence-electron chi connectivity index (χ2n) is 5.89. The molecule has 0 spiro atoms. The minimum absolute atomic E-state index is 0.121. The van der Waals surface area contributed by atoms with E-state index in [9.17, 15) is 8.42 Å². The third-order valence-corrected chi connectivity index (χ3v) is 5.21. The molecular formula is C15H25N3O2S. The van der Waals surface area contributed by atoms with Crippen LogP contribution in [0.15, 0.2) is 23.4 Å². The van der Waals surface area contributed by atoms with E-state index in [1.165, 1.54) is 25.6 Å². The Hall–Kier alpha value is -1.14. The number of anilines is 1. The van der Waals surface area contributed by atoms with Crippen LogP contribution < -0.4 is 5.32 Å². The summed E-state index contributed by atoms with van der Waals surface area (Å²) in [7, 11) is -3.22. The number of nitrogens with one attached hydrogen (secondary N) is 1. The number of hydrogen-bond donors (Lipinski definition) is 1. The van der Waals surface area contributed by atoms with E-state index in [2.05, 4.69) is 29.0 Å². The summed E-state index contributed by atoms with van der Waals surface area (Å²) in [4.78, 5) is 6.50. The molecule has 1 aliphatic rings. The van der Waals surface area contributed by atoms with E-state index in [4.69, 9.17) is 0 Å². The molecule has 1 aromatic heterocycles. The van der Waals surface area contributed by atoms with E-state index in [1.807, 2.05) is 0 Å². The van der Waals surface area contributed by atoms with Gasteiger partial charge in [-0.15, -0.1) is 0 Å². The van der Waals surface area contributed by atoms with Crippen molar-refractivity contribution in [1.82, 2.24) is 9.88 Å². The molecule has 2 atom stereocenters. The Morgan fingerprint density at radius 3 is 2.81 bits per heavy atom. The van der Waals surface area contributed by atoms with Crippen molar-refractivity contribution in [2.45, 2.75) is 37.8 Å². The van der Waals surface area contributed by atoms with Gasteiger partial charge in [0, 0.05) is 18.8 Å². The number of piperidine rings is 1. The van der Waals surface area contributed by atoms with Crippen LogP contribution in [-0.4, -0.2) is 50.2 Å². The molecule has 0 aromatic carbocycles. The van der Waals surface area contributed by atoms with E-state index in [1.54, 1.807) is 18.3 Å². The molecular weight excluding hydrogens is 286 g/mol. The predicted octanol–water partition coefficient (Wildman–Crippen LogP) is 2.02. The molecule has 0 saturated carbocycles. The topological polar surface area (TPSA) is 62.3 Å². The minimum Gasteiger partial charge on any atom is -0.381 e. The summed E-state index contributed by atoms with van der Waals surface area (Å²) in [5, 5.41) is 3.57. The first-order chi connectivity index (χ1) is 9.90. The largest absolute Gasteiger partial charge is 0.381 e. The quantitative estimate of drug-likeness (QED) is 0.901. The molecule has 1 aliphatic heterocycles. The highest BCUT2D eigenvalue weighted by Crippen LogP contribution is 2.22. The lowest BCUT2D eigenvalue weighted by molar-refractivity contribution is 0.172. The monoisotopic (exact) mass is 311 g/mol. The van der Waals surface area contributed by atoms with Crippen molar-refractivity contribution in [3.05, 3.63) is 18.3 Å². The second kappa shape index (κ2) is 6.75. The molecule has 118 valence electrons. The van der Waals surface area contributed by atoms with E-state index >= 15 is 0 Å². The van der Waals surface area contributed by atoms with Gasteiger partial charge in [0.25, 0.3) is 0 Å². The molecule has 0 bridgehead atoms. The fraction of sp³-hybridized carbons (Fsp3) is 0.667. The van der Waals surface area contributed by atoms with Gasteiger partial charge in [0.05, 0.1) is 11.9 Å². The lowest BCUT2D eigenvalue weighted by Gasteiger charge is -2.35. The first-order valence-electron chi connectivity index (χ1n) is 7.55. The van der Waals surface area contributed by atoms with Gasteiger partial charge in [0.2, 0.25) is 0 Å². The van der Waals surface area contributed by atoms with E-state index < -0.39 is 9.84 Å². The number of hydrogen-bond acceptors (Lipinski definition) is 5. The number of aromatic nitrogens is 1. The summed E-state index contributed by atoms with van der Waals surface area (Å²) in [5.74, 6) is 0.619. The standard InChI is InChI=1S/C15H25N3O2S/c1-4-18-9-5-6-13(11-18)12(2)17-14-7-8-15(16-10-14)21(3,19)20/h7-8,10,12-13,17H,4-6,9,11H2,1-3H3. The highest BCUT2D eigenvalue weighted by Gasteiger charge is 2.23. The molecule has 2 rings (SSSR count). The number of likely N-dealkylation sites (tertiary alicyclic amines) is 1. The van der Waals surface area contributed by atoms with Gasteiger partial charge in [-0.1, -0.05) is 6.92 Å². The van der Waals surface area contributed by atoms with Gasteiger partial charge in [-0.3, -0.25) is 0 Å². The SMILES string of the molecule is CCN1CCCC(C(C)Nc2ccc(S(C)(=O)=O)nc2)C1. The third-order valence-electron chi connectivity index (χ3n) is 4.21. The van der Waals surface area contributed by atoms with Crippen LogP contribution in [0, 0.1) is 5.92 Å². The van der Waals surface area contributed by atoms with Gasteiger partial charge >= 0.3 is 0 Å². The molecule has 1 saturated heterocycles. The van der Waals surface area contributed by atoms with Crippen LogP contribution in [0.5, 0.6) is 0 Å². The van der Waals surface area contributed by atoms with Crippen molar-refractivity contribution in [1.29, 1.82) is 0 Å². The van der Waals surface area contributed by atoms with Gasteiger partial charge < -0.3 is 10.2 Å². The van der Waals surface area contributed by atoms with Gasteiger partial charge in [-0.2, -0.15) is 0 Å². The Morgan fingerprint density at radius 1 is 1.48 bits per heavy atom. The summed E-state index contributed by atoms with van der Waals surface area (Å²) in [6.07, 6.45) is 5.26. The Kier molecular flexibility index (Phi) is 5.22. The maximum absolute atomic E-state index is 11.4. The van der Waals surface area contributed by atoms with Gasteiger partial charge in [-0.05, 0) is 50.9 Å². The summed E-state index contributed by atoms with van der Waals surface area (Å²) in [6, 6.07) is 3.70. The van der Waals surface area contributed by atoms with Crippen LogP contribution in [0.2, 0.25) is 0 Å². The average molecular weight is 311 g/mol. The summed E-state index contributed by atoms with van der Waals surface area (Å²) >= 11 is 0. The average Bonchev–Trinajstić information content (AvgIpc) is 2.47. The van der Waals surface area contributed by atoms with Gasteiger partial charge in [-0.25, -0.2) is 13.4 Å². The third kappa shape index (κ3) is 4.41. The van der Waals surface area contributed by atoms with Crippen LogP contribution >= 0.6 is 0 Å². The van der Waals surface area contributed by atoms with Crippen molar-refractivity contribution in [2.24, 2.45) is 5.92 Å². The summed E-state index contributed by atoms with van der Waals surface area (Å²) in [5.41, 5.74) is 0.878. The summed E-state index contributed by atoms with van der Waals surface area (Å²) < 4.78 is 22.8.